The third-order valence-electron chi connectivity index (χ3n) is 5.74. The molecule has 0 bridgehead atoms. The molecule has 8 nitrogen and oxygen atoms in total. The van der Waals surface area contributed by atoms with Crippen LogP contribution < -0.4 is 10.6 Å². The Bertz CT molecular complexity index is 879. The Morgan fingerprint density at radius 3 is 2.71 bits per heavy atom. The highest BCUT2D eigenvalue weighted by Crippen LogP contribution is 2.31. The average molecular weight is 384 g/mol. The van der Waals surface area contributed by atoms with Gasteiger partial charge >= 0.3 is 6.03 Å². The minimum absolute atomic E-state index is 0.129. The van der Waals surface area contributed by atoms with Crippen LogP contribution in [0, 0.1) is 5.41 Å². The van der Waals surface area contributed by atoms with Crippen molar-refractivity contribution >= 4 is 29.4 Å². The van der Waals surface area contributed by atoms with Crippen LogP contribution in [0.5, 0.6) is 0 Å². The number of fused-ring (bicyclic) bond motifs is 1. The number of benzene rings is 1. The van der Waals surface area contributed by atoms with Crippen molar-refractivity contribution in [2.75, 3.05) is 18.4 Å². The third kappa shape index (κ3) is 3.34. The van der Waals surface area contributed by atoms with Crippen molar-refractivity contribution in [3.8, 4) is 0 Å². The zero-order valence-electron chi connectivity index (χ0n) is 16.1. The molecule has 3 aliphatic heterocycles. The summed E-state index contributed by atoms with van der Waals surface area (Å²) < 4.78 is 0. The monoisotopic (exact) mass is 384 g/mol. The van der Waals surface area contributed by atoms with Gasteiger partial charge in [-0.3, -0.25) is 19.7 Å². The van der Waals surface area contributed by atoms with Gasteiger partial charge in [-0.05, 0) is 42.0 Å². The summed E-state index contributed by atoms with van der Waals surface area (Å²) in [7, 11) is 0. The number of piperidine rings is 1. The maximum atomic E-state index is 12.7. The number of amides is 5. The Balaban J connectivity index is 1.46. The van der Waals surface area contributed by atoms with Crippen LogP contribution in [-0.2, 0) is 16.1 Å². The molecule has 0 aliphatic carbocycles. The van der Waals surface area contributed by atoms with Crippen LogP contribution in [-0.4, -0.2) is 52.7 Å². The number of carbonyl (C=O) groups excluding carboxylic acids is 4. The van der Waals surface area contributed by atoms with Gasteiger partial charge in [0.15, 0.2) is 0 Å². The molecule has 3 aliphatic rings. The molecule has 0 saturated carbocycles. The molecule has 3 heterocycles. The molecule has 28 heavy (non-hydrogen) atoms. The van der Waals surface area contributed by atoms with Gasteiger partial charge in [-0.15, -0.1) is 0 Å². The van der Waals surface area contributed by atoms with Gasteiger partial charge in [0.1, 0.15) is 6.04 Å². The minimum Gasteiger partial charge on any atom is -0.324 e. The van der Waals surface area contributed by atoms with Crippen molar-refractivity contribution in [2.45, 2.75) is 45.7 Å². The molecule has 148 valence electrons. The average Bonchev–Trinajstić information content (AvgIpc) is 3.15. The van der Waals surface area contributed by atoms with E-state index in [-0.39, 0.29) is 29.7 Å². The normalized spacial score (nSPS) is 23.6. The van der Waals surface area contributed by atoms with Crippen LogP contribution in [0.4, 0.5) is 10.5 Å². The Morgan fingerprint density at radius 2 is 2.04 bits per heavy atom. The van der Waals surface area contributed by atoms with Gasteiger partial charge in [0.2, 0.25) is 11.8 Å². The maximum Gasteiger partial charge on any atom is 0.321 e. The van der Waals surface area contributed by atoms with Gasteiger partial charge in [0, 0.05) is 37.3 Å². The van der Waals surface area contributed by atoms with E-state index in [2.05, 4.69) is 24.5 Å². The van der Waals surface area contributed by atoms with Crippen molar-refractivity contribution in [2.24, 2.45) is 5.41 Å². The number of urea groups is 1. The highest BCUT2D eigenvalue weighted by Gasteiger charge is 2.39. The van der Waals surface area contributed by atoms with Crippen LogP contribution in [0.15, 0.2) is 18.2 Å². The summed E-state index contributed by atoms with van der Waals surface area (Å²) >= 11 is 0. The number of anilines is 1. The van der Waals surface area contributed by atoms with E-state index in [1.807, 2.05) is 0 Å². The largest absolute Gasteiger partial charge is 0.324 e. The quantitative estimate of drug-likeness (QED) is 0.759. The van der Waals surface area contributed by atoms with Gasteiger partial charge in [0.05, 0.1) is 0 Å². The zero-order chi connectivity index (χ0) is 20.1. The first kappa shape index (κ1) is 18.5. The van der Waals surface area contributed by atoms with Gasteiger partial charge < -0.3 is 15.1 Å². The van der Waals surface area contributed by atoms with Crippen molar-refractivity contribution in [3.63, 3.8) is 0 Å². The Kier molecular flexibility index (Phi) is 4.36. The Hall–Kier alpha value is -2.90. The predicted molar refractivity (Wildman–Crippen MR) is 101 cm³/mol. The van der Waals surface area contributed by atoms with Gasteiger partial charge in [-0.2, -0.15) is 0 Å². The fourth-order valence-corrected chi connectivity index (χ4v) is 4.14. The van der Waals surface area contributed by atoms with Crippen molar-refractivity contribution in [1.29, 1.82) is 0 Å². The lowest BCUT2D eigenvalue weighted by Gasteiger charge is -2.29. The topological polar surface area (TPSA) is 98.8 Å². The molecular formula is C20H24N4O4. The highest BCUT2D eigenvalue weighted by atomic mass is 16.2. The molecule has 1 atom stereocenters. The smallest absolute Gasteiger partial charge is 0.321 e. The van der Waals surface area contributed by atoms with E-state index >= 15 is 0 Å². The number of nitrogens with zero attached hydrogens (tertiary/aromatic N) is 2. The van der Waals surface area contributed by atoms with Crippen molar-refractivity contribution in [1.82, 2.24) is 15.1 Å². The van der Waals surface area contributed by atoms with E-state index in [0.717, 1.165) is 18.5 Å². The van der Waals surface area contributed by atoms with E-state index in [1.54, 1.807) is 23.1 Å². The summed E-state index contributed by atoms with van der Waals surface area (Å²) in [5.41, 5.74) is 2.06. The second kappa shape index (κ2) is 6.61. The van der Waals surface area contributed by atoms with Crippen LogP contribution in [0.25, 0.3) is 0 Å². The molecular weight excluding hydrogens is 360 g/mol. The molecule has 2 fully saturated rings. The second-order valence-corrected chi connectivity index (χ2v) is 8.54. The van der Waals surface area contributed by atoms with Gasteiger partial charge in [-0.1, -0.05) is 13.8 Å². The first-order valence-electron chi connectivity index (χ1n) is 9.57. The fraction of sp³-hybridized carbons (Fsp3) is 0.500. The second-order valence-electron chi connectivity index (χ2n) is 8.54. The summed E-state index contributed by atoms with van der Waals surface area (Å²) in [4.78, 5) is 52.0. The van der Waals surface area contributed by atoms with E-state index in [0.29, 0.717) is 30.8 Å². The number of hydrogen-bond donors (Lipinski definition) is 2. The number of imide groups is 1. The predicted octanol–water partition coefficient (Wildman–Crippen LogP) is 1.71. The summed E-state index contributed by atoms with van der Waals surface area (Å²) in [6.45, 7) is 6.02. The van der Waals surface area contributed by atoms with E-state index in [4.69, 9.17) is 0 Å². The standard InChI is InChI=1S/C20H24N4O4/c1-20(2)7-8-23(11-20)19(28)21-13-3-4-14-12(9-13)10-24(18(14)27)15-5-6-16(25)22-17(15)26/h3-4,9,15H,5-8,10-11H2,1-2H3,(H,21,28)(H,22,25,26). The lowest BCUT2D eigenvalue weighted by atomic mass is 9.93. The van der Waals surface area contributed by atoms with Gasteiger partial charge in [0.25, 0.3) is 5.91 Å². The van der Waals surface area contributed by atoms with Crippen LogP contribution in [0.1, 0.15) is 49.0 Å². The van der Waals surface area contributed by atoms with E-state index in [9.17, 15) is 19.2 Å². The molecule has 1 aromatic rings. The highest BCUT2D eigenvalue weighted by molar-refractivity contribution is 6.05. The Labute approximate surface area is 163 Å². The van der Waals surface area contributed by atoms with Crippen molar-refractivity contribution in [3.05, 3.63) is 29.3 Å². The molecule has 2 N–H and O–H groups in total. The molecule has 2 saturated heterocycles. The van der Waals surface area contributed by atoms with Crippen LogP contribution in [0.3, 0.4) is 0 Å². The molecule has 1 unspecified atom stereocenters. The molecule has 0 spiro atoms. The number of rotatable bonds is 2. The van der Waals surface area contributed by atoms with Crippen LogP contribution >= 0.6 is 0 Å². The molecule has 0 radical (unpaired) electrons. The molecule has 4 rings (SSSR count). The van der Waals surface area contributed by atoms with Gasteiger partial charge in [-0.25, -0.2) is 4.79 Å². The van der Waals surface area contributed by atoms with Crippen LogP contribution in [0.2, 0.25) is 0 Å². The third-order valence-corrected chi connectivity index (χ3v) is 5.74. The summed E-state index contributed by atoms with van der Waals surface area (Å²) in [6.07, 6.45) is 1.53. The first-order valence-corrected chi connectivity index (χ1v) is 9.57. The molecule has 5 amide bonds. The first-order chi connectivity index (χ1) is 13.2. The summed E-state index contributed by atoms with van der Waals surface area (Å²) in [6, 6.07) is 4.41. The summed E-state index contributed by atoms with van der Waals surface area (Å²) in [5.74, 6) is -0.952. The Morgan fingerprint density at radius 1 is 1.25 bits per heavy atom. The fourth-order valence-electron chi connectivity index (χ4n) is 4.14. The molecule has 1 aromatic carbocycles. The van der Waals surface area contributed by atoms with E-state index < -0.39 is 11.9 Å². The minimum atomic E-state index is -0.637. The zero-order valence-corrected chi connectivity index (χ0v) is 16.1. The lowest BCUT2D eigenvalue weighted by Crippen LogP contribution is -2.52. The number of likely N-dealkylation sites (tertiary alicyclic amines) is 1. The molecule has 0 aromatic heterocycles. The number of hydrogen-bond acceptors (Lipinski definition) is 4. The van der Waals surface area contributed by atoms with E-state index in [1.165, 1.54) is 4.90 Å². The number of carbonyl (C=O) groups is 4. The maximum absolute atomic E-state index is 12.7. The summed E-state index contributed by atoms with van der Waals surface area (Å²) in [5, 5.41) is 5.20. The SMILES string of the molecule is CC1(C)CCN(C(=O)Nc2ccc3c(c2)CN(C2CCC(=O)NC2=O)C3=O)C1. The van der Waals surface area contributed by atoms with Crippen molar-refractivity contribution < 1.29 is 19.2 Å². The number of nitrogens with one attached hydrogen (secondary N) is 2. The lowest BCUT2D eigenvalue weighted by molar-refractivity contribution is -0.136. The molecule has 8 heteroatoms.